The Labute approximate surface area is 98.5 Å². The van der Waals surface area contributed by atoms with E-state index in [1.165, 1.54) is 6.07 Å². The normalized spacial score (nSPS) is 11.2. The van der Waals surface area contributed by atoms with Gasteiger partial charge in [0.25, 0.3) is 0 Å². The number of aromatic nitrogens is 2. The molecule has 0 bridgehead atoms. The summed E-state index contributed by atoms with van der Waals surface area (Å²) in [6.07, 6.45) is 3.65. The molecule has 0 aliphatic carbocycles. The zero-order valence-electron chi connectivity index (χ0n) is 9.71. The molecule has 2 aromatic rings. The molecule has 92 valence electrons. The number of hydrogen-bond acceptors (Lipinski definition) is 2. The number of fused-ring (bicyclic) bond motifs is 1. The molecule has 1 N–H and O–H groups in total. The Morgan fingerprint density at radius 3 is 2.76 bits per heavy atom. The van der Waals surface area contributed by atoms with Crippen LogP contribution in [0.5, 0.6) is 0 Å². The molecule has 0 spiro atoms. The van der Waals surface area contributed by atoms with Crippen molar-refractivity contribution in [2.45, 2.75) is 19.4 Å². The summed E-state index contributed by atoms with van der Waals surface area (Å²) in [6.45, 7) is 1.72. The van der Waals surface area contributed by atoms with Gasteiger partial charge in [-0.1, -0.05) is 0 Å². The van der Waals surface area contributed by atoms with Crippen LogP contribution in [0.4, 0.5) is 8.78 Å². The minimum atomic E-state index is -0.849. The topological polar surface area (TPSA) is 29.9 Å². The second-order valence-electron chi connectivity index (χ2n) is 4.00. The van der Waals surface area contributed by atoms with Gasteiger partial charge in [0.05, 0.1) is 17.4 Å². The fraction of sp³-hybridized carbons (Fsp3) is 0.417. The molecule has 1 aromatic carbocycles. The van der Waals surface area contributed by atoms with Crippen molar-refractivity contribution >= 4 is 11.0 Å². The number of nitrogens with one attached hydrogen (secondary N) is 1. The number of rotatable bonds is 5. The molecule has 5 heteroatoms. The first-order valence-corrected chi connectivity index (χ1v) is 5.67. The molecule has 2 rings (SSSR count). The van der Waals surface area contributed by atoms with Crippen molar-refractivity contribution in [2.24, 2.45) is 0 Å². The predicted molar refractivity (Wildman–Crippen MR) is 62.8 cm³/mol. The monoisotopic (exact) mass is 239 g/mol. The number of benzene rings is 1. The third kappa shape index (κ3) is 2.61. The largest absolute Gasteiger partial charge is 0.331 e. The molecule has 0 saturated heterocycles. The fourth-order valence-electron chi connectivity index (χ4n) is 1.82. The van der Waals surface area contributed by atoms with Gasteiger partial charge in [0.1, 0.15) is 0 Å². The highest BCUT2D eigenvalue weighted by Gasteiger charge is 2.08. The molecule has 1 heterocycles. The Bertz CT molecular complexity index is 508. The zero-order valence-corrected chi connectivity index (χ0v) is 9.71. The first kappa shape index (κ1) is 12.0. The molecule has 3 nitrogen and oxygen atoms in total. The summed E-state index contributed by atoms with van der Waals surface area (Å²) in [7, 11) is 1.91. The van der Waals surface area contributed by atoms with Crippen LogP contribution in [0.25, 0.3) is 11.0 Å². The third-order valence-corrected chi connectivity index (χ3v) is 2.74. The zero-order chi connectivity index (χ0) is 12.3. The summed E-state index contributed by atoms with van der Waals surface area (Å²) in [5.74, 6) is -1.67. The van der Waals surface area contributed by atoms with E-state index in [4.69, 9.17) is 0 Å². The SMILES string of the molecule is CNCCCCn1cnc2cc(F)c(F)cc21. The number of unbranched alkanes of at least 4 members (excludes halogenated alkanes) is 1. The summed E-state index contributed by atoms with van der Waals surface area (Å²) >= 11 is 0. The Morgan fingerprint density at radius 2 is 2.00 bits per heavy atom. The standard InChI is InChI=1S/C12H15F2N3/c1-15-4-2-3-5-17-8-16-11-6-9(13)10(14)7-12(11)17/h6-8,15H,2-5H2,1H3. The lowest BCUT2D eigenvalue weighted by Crippen LogP contribution is -2.08. The van der Waals surface area contributed by atoms with E-state index in [2.05, 4.69) is 10.3 Å². The molecule has 1 aromatic heterocycles. The van der Waals surface area contributed by atoms with Crippen molar-refractivity contribution in [2.75, 3.05) is 13.6 Å². The number of nitrogens with zero attached hydrogens (tertiary/aromatic N) is 2. The molecule has 0 radical (unpaired) electrons. The van der Waals surface area contributed by atoms with Gasteiger partial charge in [-0.15, -0.1) is 0 Å². The molecular weight excluding hydrogens is 224 g/mol. The molecule has 0 unspecified atom stereocenters. The summed E-state index contributed by atoms with van der Waals surface area (Å²) in [4.78, 5) is 4.06. The number of aryl methyl sites for hydroxylation is 1. The first-order valence-electron chi connectivity index (χ1n) is 5.67. The van der Waals surface area contributed by atoms with E-state index >= 15 is 0 Å². The van der Waals surface area contributed by atoms with E-state index in [0.29, 0.717) is 11.0 Å². The van der Waals surface area contributed by atoms with Gasteiger partial charge in [-0.3, -0.25) is 0 Å². The lowest BCUT2D eigenvalue weighted by atomic mass is 10.2. The van der Waals surface area contributed by atoms with Crippen molar-refractivity contribution in [1.82, 2.24) is 14.9 Å². The van der Waals surface area contributed by atoms with E-state index in [0.717, 1.165) is 32.0 Å². The average Bonchev–Trinajstić information content (AvgIpc) is 2.68. The van der Waals surface area contributed by atoms with Crippen LogP contribution in [-0.2, 0) is 6.54 Å². The number of hydrogen-bond donors (Lipinski definition) is 1. The van der Waals surface area contributed by atoms with Gasteiger partial charge < -0.3 is 9.88 Å². The van der Waals surface area contributed by atoms with Gasteiger partial charge in [-0.2, -0.15) is 0 Å². The molecule has 0 fully saturated rings. The molecule has 0 amide bonds. The molecular formula is C12H15F2N3. The van der Waals surface area contributed by atoms with Crippen LogP contribution in [0.15, 0.2) is 18.5 Å². The Kier molecular flexibility index (Phi) is 3.68. The Balaban J connectivity index is 2.15. The molecule has 0 saturated carbocycles. The van der Waals surface area contributed by atoms with E-state index < -0.39 is 11.6 Å². The molecule has 17 heavy (non-hydrogen) atoms. The second kappa shape index (κ2) is 5.23. The van der Waals surface area contributed by atoms with Gasteiger partial charge in [-0.05, 0) is 26.4 Å². The molecule has 0 aliphatic heterocycles. The quantitative estimate of drug-likeness (QED) is 0.811. The highest BCUT2D eigenvalue weighted by molar-refractivity contribution is 5.75. The van der Waals surface area contributed by atoms with Gasteiger partial charge >= 0.3 is 0 Å². The summed E-state index contributed by atoms with van der Waals surface area (Å²) in [5, 5.41) is 3.07. The molecule has 0 atom stereocenters. The fourth-order valence-corrected chi connectivity index (χ4v) is 1.82. The minimum Gasteiger partial charge on any atom is -0.331 e. The van der Waals surface area contributed by atoms with Crippen molar-refractivity contribution in [1.29, 1.82) is 0 Å². The summed E-state index contributed by atoms with van der Waals surface area (Å²) in [6, 6.07) is 2.34. The summed E-state index contributed by atoms with van der Waals surface area (Å²) < 4.78 is 28.0. The first-order chi connectivity index (χ1) is 8.22. The highest BCUT2D eigenvalue weighted by atomic mass is 19.2. The van der Waals surface area contributed by atoms with Crippen molar-refractivity contribution in [3.63, 3.8) is 0 Å². The number of halogens is 2. The maximum atomic E-state index is 13.1. The van der Waals surface area contributed by atoms with Gasteiger partial charge in [0.2, 0.25) is 0 Å². The lowest BCUT2D eigenvalue weighted by molar-refractivity contribution is 0.510. The Morgan fingerprint density at radius 1 is 1.24 bits per heavy atom. The van der Waals surface area contributed by atoms with Gasteiger partial charge in [0, 0.05) is 18.7 Å². The average molecular weight is 239 g/mol. The summed E-state index contributed by atoms with van der Waals surface area (Å²) in [5.41, 5.74) is 1.14. The van der Waals surface area contributed by atoms with Crippen molar-refractivity contribution < 1.29 is 8.78 Å². The van der Waals surface area contributed by atoms with Crippen LogP contribution < -0.4 is 5.32 Å². The lowest BCUT2D eigenvalue weighted by Gasteiger charge is -2.04. The maximum Gasteiger partial charge on any atom is 0.161 e. The van der Waals surface area contributed by atoms with E-state index in [9.17, 15) is 8.78 Å². The van der Waals surface area contributed by atoms with Crippen LogP contribution in [0.1, 0.15) is 12.8 Å². The van der Waals surface area contributed by atoms with Gasteiger partial charge in [-0.25, -0.2) is 13.8 Å². The van der Waals surface area contributed by atoms with Crippen LogP contribution >= 0.6 is 0 Å². The van der Waals surface area contributed by atoms with E-state index in [1.54, 1.807) is 6.33 Å². The third-order valence-electron chi connectivity index (χ3n) is 2.74. The maximum absolute atomic E-state index is 13.1. The minimum absolute atomic E-state index is 0.498. The highest BCUT2D eigenvalue weighted by Crippen LogP contribution is 2.17. The Hall–Kier alpha value is -1.49. The van der Waals surface area contributed by atoms with E-state index in [-0.39, 0.29) is 0 Å². The molecule has 0 aliphatic rings. The van der Waals surface area contributed by atoms with E-state index in [1.807, 2.05) is 11.6 Å². The van der Waals surface area contributed by atoms with Crippen molar-refractivity contribution in [3.8, 4) is 0 Å². The van der Waals surface area contributed by atoms with Crippen LogP contribution in [0.3, 0.4) is 0 Å². The van der Waals surface area contributed by atoms with Gasteiger partial charge in [0.15, 0.2) is 11.6 Å². The van der Waals surface area contributed by atoms with Crippen LogP contribution in [0, 0.1) is 11.6 Å². The predicted octanol–water partition coefficient (Wildman–Crippen LogP) is 2.31. The van der Waals surface area contributed by atoms with Crippen LogP contribution in [-0.4, -0.2) is 23.1 Å². The number of imidazole rings is 1. The smallest absolute Gasteiger partial charge is 0.161 e. The second-order valence-corrected chi connectivity index (χ2v) is 4.00. The van der Waals surface area contributed by atoms with Crippen LogP contribution in [0.2, 0.25) is 0 Å². The van der Waals surface area contributed by atoms with Crippen molar-refractivity contribution in [3.05, 3.63) is 30.1 Å².